The quantitative estimate of drug-likeness (QED) is 0.439. The van der Waals surface area contributed by atoms with Gasteiger partial charge in [0.05, 0.1) is 16.4 Å². The maximum absolute atomic E-state index is 4.46. The molecule has 0 saturated heterocycles. The van der Waals surface area contributed by atoms with Crippen molar-refractivity contribution in [1.29, 1.82) is 0 Å². The van der Waals surface area contributed by atoms with Crippen LogP contribution in [0.5, 0.6) is 0 Å². The summed E-state index contributed by atoms with van der Waals surface area (Å²) in [5, 5.41) is 5.04. The molecule has 1 N–H and O–H groups in total. The fraction of sp³-hybridized carbons (Fsp3) is 0.0667. The topological polar surface area (TPSA) is 37.3 Å². The van der Waals surface area contributed by atoms with Crippen LogP contribution >= 0.6 is 23.1 Å². The summed E-state index contributed by atoms with van der Waals surface area (Å²) >= 11 is 3.33. The Morgan fingerprint density at radius 2 is 1.95 bits per heavy atom. The van der Waals surface area contributed by atoms with Crippen molar-refractivity contribution in [3.63, 3.8) is 0 Å². The van der Waals surface area contributed by atoms with Crippen molar-refractivity contribution in [3.05, 3.63) is 54.1 Å². The molecule has 2 aromatic carbocycles. The van der Waals surface area contributed by atoms with Crippen molar-refractivity contribution in [1.82, 2.24) is 4.98 Å². The SMILES string of the molecule is CSc1ccc(C=NNc2nc3ccccc3s2)cc1. The van der Waals surface area contributed by atoms with E-state index in [4.69, 9.17) is 0 Å². The molecule has 0 fully saturated rings. The summed E-state index contributed by atoms with van der Waals surface area (Å²) in [5.41, 5.74) is 5.05. The summed E-state index contributed by atoms with van der Waals surface area (Å²) in [7, 11) is 0. The number of para-hydroxylation sites is 1. The third kappa shape index (κ3) is 3.00. The Bertz CT molecular complexity index is 699. The summed E-state index contributed by atoms with van der Waals surface area (Å²) in [6.45, 7) is 0. The summed E-state index contributed by atoms with van der Waals surface area (Å²) in [4.78, 5) is 5.71. The Balaban J connectivity index is 1.69. The smallest absolute Gasteiger partial charge is 0.204 e. The number of anilines is 1. The first-order valence-corrected chi connectivity index (χ1v) is 8.18. The summed E-state index contributed by atoms with van der Waals surface area (Å²) in [6, 6.07) is 16.3. The number of hydrazone groups is 1. The summed E-state index contributed by atoms with van der Waals surface area (Å²) in [5.74, 6) is 0. The van der Waals surface area contributed by atoms with Crippen LogP contribution in [0.2, 0.25) is 0 Å². The fourth-order valence-corrected chi connectivity index (χ4v) is 3.00. The molecule has 0 aliphatic rings. The zero-order valence-electron chi connectivity index (χ0n) is 10.9. The van der Waals surface area contributed by atoms with Gasteiger partial charge in [-0.05, 0) is 36.1 Å². The first-order chi connectivity index (χ1) is 9.85. The van der Waals surface area contributed by atoms with Crippen LogP contribution < -0.4 is 5.43 Å². The van der Waals surface area contributed by atoms with Gasteiger partial charge in [0.1, 0.15) is 0 Å². The number of aromatic nitrogens is 1. The van der Waals surface area contributed by atoms with E-state index in [0.717, 1.165) is 20.9 Å². The van der Waals surface area contributed by atoms with Gasteiger partial charge in [-0.15, -0.1) is 11.8 Å². The van der Waals surface area contributed by atoms with E-state index in [1.54, 1.807) is 29.3 Å². The van der Waals surface area contributed by atoms with E-state index in [0.29, 0.717) is 0 Å². The van der Waals surface area contributed by atoms with Gasteiger partial charge in [0, 0.05) is 4.90 Å². The van der Waals surface area contributed by atoms with Crippen molar-refractivity contribution < 1.29 is 0 Å². The lowest BCUT2D eigenvalue weighted by atomic mass is 10.2. The Labute approximate surface area is 125 Å². The van der Waals surface area contributed by atoms with Gasteiger partial charge in [-0.1, -0.05) is 35.6 Å². The molecule has 0 aliphatic carbocycles. The van der Waals surface area contributed by atoms with Gasteiger partial charge in [0.25, 0.3) is 0 Å². The number of benzene rings is 2. The first-order valence-electron chi connectivity index (χ1n) is 6.14. The molecule has 3 aromatic rings. The molecule has 0 bridgehead atoms. The molecular formula is C15H13N3S2. The number of thioether (sulfide) groups is 1. The minimum atomic E-state index is 0.809. The maximum atomic E-state index is 4.46. The van der Waals surface area contributed by atoms with Gasteiger partial charge < -0.3 is 0 Å². The minimum absolute atomic E-state index is 0.809. The van der Waals surface area contributed by atoms with E-state index in [1.165, 1.54) is 4.90 Å². The molecule has 0 spiro atoms. The van der Waals surface area contributed by atoms with E-state index in [9.17, 15) is 0 Å². The summed E-state index contributed by atoms with van der Waals surface area (Å²) < 4.78 is 1.16. The van der Waals surface area contributed by atoms with Crippen LogP contribution in [-0.4, -0.2) is 17.5 Å². The van der Waals surface area contributed by atoms with Crippen molar-refractivity contribution in [3.8, 4) is 0 Å². The van der Waals surface area contributed by atoms with Crippen LogP contribution in [0.1, 0.15) is 5.56 Å². The lowest BCUT2D eigenvalue weighted by molar-refractivity contribution is 1.31. The van der Waals surface area contributed by atoms with E-state index in [2.05, 4.69) is 52.1 Å². The second-order valence-corrected chi connectivity index (χ2v) is 6.04. The standard InChI is InChI=1S/C15H13N3S2/c1-19-12-8-6-11(7-9-12)10-16-18-15-17-13-4-2-3-5-14(13)20-15/h2-10H,1H3,(H,17,18). The summed E-state index contributed by atoms with van der Waals surface area (Å²) in [6.07, 6.45) is 3.87. The van der Waals surface area contributed by atoms with E-state index < -0.39 is 0 Å². The van der Waals surface area contributed by atoms with Crippen LogP contribution in [0.15, 0.2) is 58.5 Å². The average Bonchev–Trinajstić information content (AvgIpc) is 2.90. The number of hydrogen-bond donors (Lipinski definition) is 1. The van der Waals surface area contributed by atoms with Gasteiger partial charge in [-0.25, -0.2) is 4.98 Å². The minimum Gasteiger partial charge on any atom is -0.253 e. The highest BCUT2D eigenvalue weighted by atomic mass is 32.2. The molecule has 0 atom stereocenters. The number of rotatable bonds is 4. The Hall–Kier alpha value is -1.85. The van der Waals surface area contributed by atoms with Crippen molar-refractivity contribution in [2.75, 3.05) is 11.7 Å². The number of nitrogens with zero attached hydrogens (tertiary/aromatic N) is 2. The van der Waals surface area contributed by atoms with Gasteiger partial charge in [0.15, 0.2) is 0 Å². The molecule has 0 amide bonds. The van der Waals surface area contributed by atoms with E-state index in [-0.39, 0.29) is 0 Å². The first kappa shape index (κ1) is 13.1. The number of fused-ring (bicyclic) bond motifs is 1. The third-order valence-electron chi connectivity index (χ3n) is 2.78. The molecule has 5 heteroatoms. The van der Waals surface area contributed by atoms with Crippen LogP contribution in [-0.2, 0) is 0 Å². The molecule has 0 radical (unpaired) electrons. The molecule has 0 saturated carbocycles. The maximum Gasteiger partial charge on any atom is 0.204 e. The van der Waals surface area contributed by atoms with Gasteiger partial charge in [-0.3, -0.25) is 5.43 Å². The zero-order valence-corrected chi connectivity index (χ0v) is 12.5. The normalized spacial score (nSPS) is 11.2. The van der Waals surface area contributed by atoms with Crippen molar-refractivity contribution in [2.45, 2.75) is 4.90 Å². The second-order valence-electron chi connectivity index (χ2n) is 4.13. The van der Waals surface area contributed by atoms with Crippen LogP contribution in [0, 0.1) is 0 Å². The predicted octanol–water partition coefficient (Wildman–Crippen LogP) is 4.46. The molecule has 3 rings (SSSR count). The molecule has 0 unspecified atom stereocenters. The molecule has 20 heavy (non-hydrogen) atoms. The lowest BCUT2D eigenvalue weighted by Gasteiger charge is -1.96. The average molecular weight is 299 g/mol. The largest absolute Gasteiger partial charge is 0.253 e. The molecule has 3 nitrogen and oxygen atoms in total. The van der Waals surface area contributed by atoms with E-state index >= 15 is 0 Å². The van der Waals surface area contributed by atoms with Gasteiger partial charge in [-0.2, -0.15) is 5.10 Å². The highest BCUT2D eigenvalue weighted by molar-refractivity contribution is 7.98. The van der Waals surface area contributed by atoms with Crippen LogP contribution in [0.25, 0.3) is 10.2 Å². The highest BCUT2D eigenvalue weighted by Gasteiger charge is 2.00. The zero-order chi connectivity index (χ0) is 13.8. The van der Waals surface area contributed by atoms with Gasteiger partial charge >= 0.3 is 0 Å². The van der Waals surface area contributed by atoms with Gasteiger partial charge in [0.2, 0.25) is 5.13 Å². The van der Waals surface area contributed by atoms with Crippen LogP contribution in [0.3, 0.4) is 0 Å². The number of thiazole rings is 1. The second kappa shape index (κ2) is 6.07. The molecule has 1 heterocycles. The molecule has 1 aromatic heterocycles. The molecular weight excluding hydrogens is 286 g/mol. The predicted molar refractivity (Wildman–Crippen MR) is 89.1 cm³/mol. The fourth-order valence-electron chi connectivity index (χ4n) is 1.77. The monoisotopic (exact) mass is 299 g/mol. The Morgan fingerprint density at radius 1 is 1.15 bits per heavy atom. The third-order valence-corrected chi connectivity index (χ3v) is 4.47. The lowest BCUT2D eigenvalue weighted by Crippen LogP contribution is -1.89. The Morgan fingerprint density at radius 3 is 2.70 bits per heavy atom. The molecule has 0 aliphatic heterocycles. The number of hydrogen-bond acceptors (Lipinski definition) is 5. The van der Waals surface area contributed by atoms with Crippen molar-refractivity contribution >= 4 is 44.7 Å². The van der Waals surface area contributed by atoms with E-state index in [1.807, 2.05) is 18.2 Å². The number of nitrogens with one attached hydrogen (secondary N) is 1. The van der Waals surface area contributed by atoms with Crippen molar-refractivity contribution in [2.24, 2.45) is 5.10 Å². The van der Waals surface area contributed by atoms with Crippen LogP contribution in [0.4, 0.5) is 5.13 Å². The Kier molecular flexibility index (Phi) is 3.99. The molecule has 100 valence electrons. The highest BCUT2D eigenvalue weighted by Crippen LogP contribution is 2.25.